The lowest BCUT2D eigenvalue weighted by atomic mass is 9.93. The quantitative estimate of drug-likeness (QED) is 0.899. The standard InChI is InChI=1S/C16H23NO3/c1-12-7-8-17(13(2)11-12)9-10-20-15-5-3-14(4-6-15)16(18)19/h3-6,12-13H,7-11H2,1-2H3,(H,18,19). The molecule has 1 fully saturated rings. The van der Waals surface area contributed by atoms with E-state index in [1.807, 2.05) is 0 Å². The van der Waals surface area contributed by atoms with E-state index in [9.17, 15) is 4.79 Å². The van der Waals surface area contributed by atoms with E-state index in [2.05, 4.69) is 18.7 Å². The molecule has 20 heavy (non-hydrogen) atoms. The van der Waals surface area contributed by atoms with E-state index in [0.717, 1.165) is 24.8 Å². The number of carbonyl (C=O) groups is 1. The van der Waals surface area contributed by atoms with Crippen LogP contribution in [-0.2, 0) is 0 Å². The number of ether oxygens (including phenoxy) is 1. The van der Waals surface area contributed by atoms with Crippen LogP contribution >= 0.6 is 0 Å². The van der Waals surface area contributed by atoms with Crippen molar-refractivity contribution in [1.82, 2.24) is 4.90 Å². The first-order chi connectivity index (χ1) is 9.56. The van der Waals surface area contributed by atoms with Gasteiger partial charge in [0.1, 0.15) is 12.4 Å². The average molecular weight is 277 g/mol. The maximum atomic E-state index is 10.7. The van der Waals surface area contributed by atoms with Gasteiger partial charge in [0.25, 0.3) is 0 Å². The normalized spacial score (nSPS) is 23.5. The number of carboxylic acid groups (broad SMARTS) is 1. The molecule has 2 atom stereocenters. The lowest BCUT2D eigenvalue weighted by molar-refractivity contribution is 0.0697. The Kier molecular flexibility index (Phi) is 5.01. The number of likely N-dealkylation sites (tertiary alicyclic amines) is 1. The Bertz CT molecular complexity index is 444. The largest absolute Gasteiger partial charge is 0.492 e. The number of benzene rings is 1. The van der Waals surface area contributed by atoms with Crippen molar-refractivity contribution in [2.24, 2.45) is 5.92 Å². The van der Waals surface area contributed by atoms with E-state index in [1.165, 1.54) is 12.8 Å². The van der Waals surface area contributed by atoms with Crippen LogP contribution in [0.5, 0.6) is 5.75 Å². The molecule has 0 bridgehead atoms. The summed E-state index contributed by atoms with van der Waals surface area (Å²) in [5, 5.41) is 8.83. The minimum atomic E-state index is -0.909. The fraction of sp³-hybridized carbons (Fsp3) is 0.562. The Hall–Kier alpha value is -1.55. The van der Waals surface area contributed by atoms with Crippen LogP contribution in [-0.4, -0.2) is 41.7 Å². The van der Waals surface area contributed by atoms with Gasteiger partial charge in [-0.1, -0.05) is 6.92 Å². The molecule has 0 amide bonds. The maximum Gasteiger partial charge on any atom is 0.335 e. The summed E-state index contributed by atoms with van der Waals surface area (Å²) in [5.41, 5.74) is 0.288. The topological polar surface area (TPSA) is 49.8 Å². The van der Waals surface area contributed by atoms with Crippen LogP contribution in [0.4, 0.5) is 0 Å². The molecule has 110 valence electrons. The molecule has 1 saturated heterocycles. The molecule has 2 unspecified atom stereocenters. The second-order valence-corrected chi connectivity index (χ2v) is 5.69. The third-order valence-electron chi connectivity index (χ3n) is 4.02. The van der Waals surface area contributed by atoms with Crippen molar-refractivity contribution in [3.63, 3.8) is 0 Å². The molecule has 0 saturated carbocycles. The van der Waals surface area contributed by atoms with Crippen LogP contribution in [0, 0.1) is 5.92 Å². The molecule has 4 heteroatoms. The molecule has 1 N–H and O–H groups in total. The predicted molar refractivity (Wildman–Crippen MR) is 78.3 cm³/mol. The second-order valence-electron chi connectivity index (χ2n) is 5.69. The van der Waals surface area contributed by atoms with Crippen LogP contribution in [0.15, 0.2) is 24.3 Å². The minimum absolute atomic E-state index is 0.288. The maximum absolute atomic E-state index is 10.7. The van der Waals surface area contributed by atoms with E-state index in [-0.39, 0.29) is 5.56 Å². The molecule has 1 aromatic rings. The number of carboxylic acids is 1. The second kappa shape index (κ2) is 6.75. The van der Waals surface area contributed by atoms with Crippen molar-refractivity contribution in [2.45, 2.75) is 32.7 Å². The fourth-order valence-electron chi connectivity index (χ4n) is 2.76. The van der Waals surface area contributed by atoms with Crippen LogP contribution < -0.4 is 4.74 Å². The highest BCUT2D eigenvalue weighted by Gasteiger charge is 2.22. The highest BCUT2D eigenvalue weighted by molar-refractivity contribution is 5.87. The lowest BCUT2D eigenvalue weighted by Crippen LogP contribution is -2.42. The first kappa shape index (κ1) is 14.9. The molecule has 2 rings (SSSR count). The van der Waals surface area contributed by atoms with Crippen molar-refractivity contribution in [3.8, 4) is 5.75 Å². The summed E-state index contributed by atoms with van der Waals surface area (Å²) in [6.45, 7) is 7.30. The number of hydrogen-bond acceptors (Lipinski definition) is 3. The molecule has 0 radical (unpaired) electrons. The zero-order valence-electron chi connectivity index (χ0n) is 12.2. The van der Waals surface area contributed by atoms with Gasteiger partial charge >= 0.3 is 5.97 Å². The van der Waals surface area contributed by atoms with Crippen molar-refractivity contribution >= 4 is 5.97 Å². The lowest BCUT2D eigenvalue weighted by Gasteiger charge is -2.36. The van der Waals surface area contributed by atoms with Gasteiger partial charge in [-0.25, -0.2) is 4.79 Å². The zero-order valence-corrected chi connectivity index (χ0v) is 12.2. The van der Waals surface area contributed by atoms with Gasteiger partial charge < -0.3 is 9.84 Å². The fourth-order valence-corrected chi connectivity index (χ4v) is 2.76. The Morgan fingerprint density at radius 1 is 1.35 bits per heavy atom. The summed E-state index contributed by atoms with van der Waals surface area (Å²) in [7, 11) is 0. The molecule has 4 nitrogen and oxygen atoms in total. The Morgan fingerprint density at radius 3 is 2.65 bits per heavy atom. The van der Waals surface area contributed by atoms with Crippen molar-refractivity contribution in [2.75, 3.05) is 19.7 Å². The summed E-state index contributed by atoms with van der Waals surface area (Å²) in [6.07, 6.45) is 2.52. The zero-order chi connectivity index (χ0) is 14.5. The highest BCUT2D eigenvalue weighted by atomic mass is 16.5. The van der Waals surface area contributed by atoms with Gasteiger partial charge in [-0.2, -0.15) is 0 Å². The molecule has 0 spiro atoms. The third-order valence-corrected chi connectivity index (χ3v) is 4.02. The Morgan fingerprint density at radius 2 is 2.05 bits per heavy atom. The number of nitrogens with zero attached hydrogens (tertiary/aromatic N) is 1. The summed E-state index contributed by atoms with van der Waals surface area (Å²) in [6, 6.07) is 7.19. The van der Waals surface area contributed by atoms with Gasteiger partial charge in [0.2, 0.25) is 0 Å². The molecule has 1 aliphatic heterocycles. The molecule has 1 aromatic carbocycles. The first-order valence-electron chi connectivity index (χ1n) is 7.26. The third kappa shape index (κ3) is 3.97. The SMILES string of the molecule is CC1CCN(CCOc2ccc(C(=O)O)cc2)C(C)C1. The average Bonchev–Trinajstić information content (AvgIpc) is 2.42. The van der Waals surface area contributed by atoms with Gasteiger partial charge in [0.15, 0.2) is 0 Å². The first-order valence-corrected chi connectivity index (χ1v) is 7.26. The van der Waals surface area contributed by atoms with Crippen molar-refractivity contribution < 1.29 is 14.6 Å². The smallest absolute Gasteiger partial charge is 0.335 e. The summed E-state index contributed by atoms with van der Waals surface area (Å²) in [4.78, 5) is 13.2. The van der Waals surface area contributed by atoms with Gasteiger partial charge in [-0.3, -0.25) is 4.90 Å². The van der Waals surface area contributed by atoms with Gasteiger partial charge in [-0.15, -0.1) is 0 Å². The summed E-state index contributed by atoms with van der Waals surface area (Å²) < 4.78 is 5.68. The van der Waals surface area contributed by atoms with Crippen molar-refractivity contribution in [1.29, 1.82) is 0 Å². The minimum Gasteiger partial charge on any atom is -0.492 e. The molecular formula is C16H23NO3. The number of hydrogen-bond donors (Lipinski definition) is 1. The van der Waals surface area contributed by atoms with Gasteiger partial charge in [-0.05, 0) is 56.5 Å². The molecular weight excluding hydrogens is 254 g/mol. The van der Waals surface area contributed by atoms with Gasteiger partial charge in [0.05, 0.1) is 5.56 Å². The molecule has 0 aliphatic carbocycles. The Labute approximate surface area is 120 Å². The molecule has 1 heterocycles. The van der Waals surface area contributed by atoms with Crippen LogP contribution in [0.2, 0.25) is 0 Å². The monoisotopic (exact) mass is 277 g/mol. The number of rotatable bonds is 5. The van der Waals surface area contributed by atoms with E-state index >= 15 is 0 Å². The van der Waals surface area contributed by atoms with E-state index in [0.29, 0.717) is 12.6 Å². The highest BCUT2D eigenvalue weighted by Crippen LogP contribution is 2.21. The van der Waals surface area contributed by atoms with E-state index in [4.69, 9.17) is 9.84 Å². The predicted octanol–water partition coefficient (Wildman–Crippen LogP) is 2.88. The van der Waals surface area contributed by atoms with Crippen molar-refractivity contribution in [3.05, 3.63) is 29.8 Å². The summed E-state index contributed by atoms with van der Waals surface area (Å²) in [5.74, 6) is 0.645. The van der Waals surface area contributed by atoms with Gasteiger partial charge in [0, 0.05) is 12.6 Å². The van der Waals surface area contributed by atoms with Crippen LogP contribution in [0.1, 0.15) is 37.0 Å². The Balaban J connectivity index is 1.76. The number of piperidine rings is 1. The van der Waals surface area contributed by atoms with Crippen LogP contribution in [0.25, 0.3) is 0 Å². The number of aromatic carboxylic acids is 1. The van der Waals surface area contributed by atoms with E-state index in [1.54, 1.807) is 24.3 Å². The summed E-state index contributed by atoms with van der Waals surface area (Å²) >= 11 is 0. The van der Waals surface area contributed by atoms with E-state index < -0.39 is 5.97 Å². The van der Waals surface area contributed by atoms with Crippen LogP contribution in [0.3, 0.4) is 0 Å². The molecule has 1 aliphatic rings. The molecule has 0 aromatic heterocycles.